The summed E-state index contributed by atoms with van der Waals surface area (Å²) in [5.74, 6) is -1.46. The molecule has 21 heavy (non-hydrogen) atoms. The van der Waals surface area contributed by atoms with Crippen molar-refractivity contribution in [1.82, 2.24) is 0 Å². The van der Waals surface area contributed by atoms with Crippen LogP contribution in [0.15, 0.2) is 41.3 Å². The van der Waals surface area contributed by atoms with Crippen LogP contribution in [-0.4, -0.2) is 15.3 Å². The number of aryl methyl sites for hydroxylation is 1. The van der Waals surface area contributed by atoms with E-state index in [9.17, 15) is 13.4 Å². The maximum absolute atomic E-state index is 13.2. The van der Waals surface area contributed by atoms with Gasteiger partial charge in [0.1, 0.15) is 5.82 Å². The van der Waals surface area contributed by atoms with Crippen molar-refractivity contribution in [2.75, 3.05) is 0 Å². The van der Waals surface area contributed by atoms with Gasteiger partial charge in [0.25, 0.3) is 0 Å². The molecular weight excluding hydrogens is 315 g/mol. The summed E-state index contributed by atoms with van der Waals surface area (Å²) in [5.41, 5.74) is 1.36. The van der Waals surface area contributed by atoms with Gasteiger partial charge in [0.05, 0.1) is 27.1 Å². The maximum Gasteiger partial charge on any atom is 0.337 e. The highest BCUT2D eigenvalue weighted by Crippen LogP contribution is 2.22. The number of carboxylic acid groups (broad SMARTS) is 1. The van der Waals surface area contributed by atoms with E-state index < -0.39 is 22.6 Å². The first kappa shape index (κ1) is 15.7. The van der Waals surface area contributed by atoms with E-state index in [-0.39, 0.29) is 16.3 Å². The Morgan fingerprint density at radius 3 is 2.67 bits per heavy atom. The van der Waals surface area contributed by atoms with Crippen molar-refractivity contribution >= 4 is 28.4 Å². The number of benzene rings is 2. The third-order valence-electron chi connectivity index (χ3n) is 3.03. The standard InChI is InChI=1S/C15H12ClFO3S/c1-9-2-3-11(17)6-10(9)8-21(20)12-4-5-14(16)13(7-12)15(18)19/h2-7H,8H2,1H3,(H,18,19). The van der Waals surface area contributed by atoms with Crippen LogP contribution in [0.2, 0.25) is 5.02 Å². The Kier molecular flexibility index (Phi) is 4.75. The zero-order valence-electron chi connectivity index (χ0n) is 11.1. The van der Waals surface area contributed by atoms with Crippen LogP contribution in [0.25, 0.3) is 0 Å². The molecule has 0 bridgehead atoms. The number of hydrogen-bond acceptors (Lipinski definition) is 2. The molecule has 0 heterocycles. The SMILES string of the molecule is Cc1ccc(F)cc1CS(=O)c1ccc(Cl)c(C(=O)O)c1. The van der Waals surface area contributed by atoms with Crippen LogP contribution in [-0.2, 0) is 16.6 Å². The van der Waals surface area contributed by atoms with Crippen LogP contribution >= 0.6 is 11.6 Å². The summed E-state index contributed by atoms with van der Waals surface area (Å²) in [6.07, 6.45) is 0. The van der Waals surface area contributed by atoms with Crippen LogP contribution < -0.4 is 0 Å². The van der Waals surface area contributed by atoms with E-state index in [2.05, 4.69) is 0 Å². The Balaban J connectivity index is 2.30. The molecule has 0 aliphatic carbocycles. The molecule has 0 saturated carbocycles. The van der Waals surface area contributed by atoms with E-state index >= 15 is 0 Å². The molecule has 110 valence electrons. The average Bonchev–Trinajstić information content (AvgIpc) is 2.43. The van der Waals surface area contributed by atoms with E-state index in [1.54, 1.807) is 13.0 Å². The molecule has 0 aliphatic rings. The molecule has 1 unspecified atom stereocenters. The highest BCUT2D eigenvalue weighted by atomic mass is 35.5. The minimum atomic E-state index is -1.48. The highest BCUT2D eigenvalue weighted by Gasteiger charge is 2.14. The molecular formula is C15H12ClFO3S. The van der Waals surface area contributed by atoms with Crippen LogP contribution in [0.1, 0.15) is 21.5 Å². The normalized spacial score (nSPS) is 12.1. The van der Waals surface area contributed by atoms with Gasteiger partial charge in [-0.2, -0.15) is 0 Å². The molecule has 1 N–H and O–H groups in total. The Bertz CT molecular complexity index is 731. The van der Waals surface area contributed by atoms with E-state index in [0.29, 0.717) is 10.5 Å². The summed E-state index contributed by atoms with van der Waals surface area (Å²) < 4.78 is 25.5. The smallest absolute Gasteiger partial charge is 0.337 e. The van der Waals surface area contributed by atoms with Crippen molar-refractivity contribution in [2.45, 2.75) is 17.6 Å². The summed E-state index contributed by atoms with van der Waals surface area (Å²) in [6.45, 7) is 1.80. The third-order valence-corrected chi connectivity index (χ3v) is 4.71. The molecule has 2 rings (SSSR count). The fourth-order valence-electron chi connectivity index (χ4n) is 1.83. The Morgan fingerprint density at radius 2 is 2.00 bits per heavy atom. The summed E-state index contributed by atoms with van der Waals surface area (Å²) in [5, 5.41) is 9.10. The van der Waals surface area contributed by atoms with Crippen molar-refractivity contribution in [3.8, 4) is 0 Å². The number of carbonyl (C=O) groups is 1. The molecule has 2 aromatic rings. The molecule has 1 atom stereocenters. The molecule has 0 aromatic heterocycles. The van der Waals surface area contributed by atoms with Crippen LogP contribution in [0.3, 0.4) is 0 Å². The highest BCUT2D eigenvalue weighted by molar-refractivity contribution is 7.84. The summed E-state index contributed by atoms with van der Waals surface area (Å²) >= 11 is 5.77. The van der Waals surface area contributed by atoms with Crippen LogP contribution in [0.5, 0.6) is 0 Å². The predicted octanol–water partition coefficient (Wildman–Crippen LogP) is 3.79. The zero-order chi connectivity index (χ0) is 15.6. The van der Waals surface area contributed by atoms with Gasteiger partial charge in [-0.1, -0.05) is 17.7 Å². The molecule has 0 saturated heterocycles. The molecule has 0 spiro atoms. The number of carboxylic acids is 1. The van der Waals surface area contributed by atoms with Crippen molar-refractivity contribution in [2.24, 2.45) is 0 Å². The number of halogens is 2. The second-order valence-corrected chi connectivity index (χ2v) is 6.37. The fourth-order valence-corrected chi connectivity index (χ4v) is 3.26. The number of rotatable bonds is 4. The van der Waals surface area contributed by atoms with E-state index in [1.807, 2.05) is 0 Å². The van der Waals surface area contributed by atoms with E-state index in [0.717, 1.165) is 5.56 Å². The second kappa shape index (κ2) is 6.37. The largest absolute Gasteiger partial charge is 0.478 e. The summed E-state index contributed by atoms with van der Waals surface area (Å²) in [7, 11) is -1.48. The summed E-state index contributed by atoms with van der Waals surface area (Å²) in [6, 6.07) is 8.49. The number of hydrogen-bond donors (Lipinski definition) is 1. The fraction of sp³-hybridized carbons (Fsp3) is 0.133. The lowest BCUT2D eigenvalue weighted by atomic mass is 10.1. The monoisotopic (exact) mass is 326 g/mol. The third kappa shape index (κ3) is 3.68. The molecule has 0 fully saturated rings. The first-order valence-electron chi connectivity index (χ1n) is 6.04. The second-order valence-electron chi connectivity index (χ2n) is 4.51. The van der Waals surface area contributed by atoms with Gasteiger partial charge in [-0.3, -0.25) is 4.21 Å². The lowest BCUT2D eigenvalue weighted by Crippen LogP contribution is -2.03. The van der Waals surface area contributed by atoms with Gasteiger partial charge in [-0.05, 0) is 48.4 Å². The molecule has 3 nitrogen and oxygen atoms in total. The van der Waals surface area contributed by atoms with E-state index in [1.165, 1.54) is 30.3 Å². The molecule has 2 aromatic carbocycles. The van der Waals surface area contributed by atoms with Crippen LogP contribution in [0, 0.1) is 12.7 Å². The first-order chi connectivity index (χ1) is 9.88. The van der Waals surface area contributed by atoms with Gasteiger partial charge in [0.2, 0.25) is 0 Å². The Morgan fingerprint density at radius 1 is 1.29 bits per heavy atom. The van der Waals surface area contributed by atoms with Gasteiger partial charge in [0.15, 0.2) is 0 Å². The minimum absolute atomic E-state index is 0.0881. The first-order valence-corrected chi connectivity index (χ1v) is 7.74. The lowest BCUT2D eigenvalue weighted by Gasteiger charge is -2.08. The van der Waals surface area contributed by atoms with Crippen molar-refractivity contribution < 1.29 is 18.5 Å². The van der Waals surface area contributed by atoms with Gasteiger partial charge in [0, 0.05) is 4.90 Å². The zero-order valence-corrected chi connectivity index (χ0v) is 12.7. The lowest BCUT2D eigenvalue weighted by molar-refractivity contribution is 0.0697. The number of aromatic carboxylic acids is 1. The topological polar surface area (TPSA) is 54.4 Å². The average molecular weight is 327 g/mol. The van der Waals surface area contributed by atoms with Crippen LogP contribution in [0.4, 0.5) is 4.39 Å². The molecule has 0 aliphatic heterocycles. The van der Waals surface area contributed by atoms with Gasteiger partial charge in [-0.25, -0.2) is 9.18 Å². The molecule has 6 heteroatoms. The van der Waals surface area contributed by atoms with Gasteiger partial charge >= 0.3 is 5.97 Å². The van der Waals surface area contributed by atoms with Crippen molar-refractivity contribution in [3.05, 3.63) is 63.9 Å². The van der Waals surface area contributed by atoms with Gasteiger partial charge < -0.3 is 5.11 Å². The maximum atomic E-state index is 13.2. The van der Waals surface area contributed by atoms with Crippen molar-refractivity contribution in [1.29, 1.82) is 0 Å². The van der Waals surface area contributed by atoms with Crippen molar-refractivity contribution in [3.63, 3.8) is 0 Å². The Labute approximate surface area is 128 Å². The minimum Gasteiger partial charge on any atom is -0.478 e. The quantitative estimate of drug-likeness (QED) is 0.930. The van der Waals surface area contributed by atoms with E-state index in [4.69, 9.17) is 16.7 Å². The molecule has 0 amide bonds. The predicted molar refractivity (Wildman–Crippen MR) is 79.7 cm³/mol. The Hall–Kier alpha value is -1.72. The van der Waals surface area contributed by atoms with Gasteiger partial charge in [-0.15, -0.1) is 0 Å². The summed E-state index contributed by atoms with van der Waals surface area (Å²) in [4.78, 5) is 11.4. The molecule has 0 radical (unpaired) electrons.